The number of pyridine rings is 1. The number of thiophene rings is 2. The van der Waals surface area contributed by atoms with Crippen molar-refractivity contribution >= 4 is 55.6 Å². The second kappa shape index (κ2) is 10.2. The van der Waals surface area contributed by atoms with Crippen LogP contribution in [0.15, 0.2) is 143 Å². The molecule has 0 atom stereocenters. The molecule has 208 valence electrons. The summed E-state index contributed by atoms with van der Waals surface area (Å²) in [5.41, 5.74) is 10.3. The van der Waals surface area contributed by atoms with Crippen molar-refractivity contribution < 1.29 is 4.42 Å². The van der Waals surface area contributed by atoms with Crippen molar-refractivity contribution in [2.45, 2.75) is 0 Å². The Morgan fingerprint density at radius 3 is 2.18 bits per heavy atom. The van der Waals surface area contributed by atoms with Crippen molar-refractivity contribution in [3.8, 4) is 49.3 Å². The Kier molecular flexibility index (Phi) is 5.82. The average molecular weight is 602 g/mol. The fraction of sp³-hybridized carbons (Fsp3) is 0. The third-order valence-corrected chi connectivity index (χ3v) is 9.92. The first-order chi connectivity index (χ1) is 21.8. The molecule has 5 heterocycles. The smallest absolute Gasteiger partial charge is 0.227 e. The van der Waals surface area contributed by atoms with Crippen LogP contribution in [0, 0.1) is 0 Å². The summed E-state index contributed by atoms with van der Waals surface area (Å²) in [4.78, 5) is 12.0. The largest absolute Gasteiger partial charge is 0.436 e. The molecule has 0 N–H and O–H groups in total. The van der Waals surface area contributed by atoms with Crippen LogP contribution in [-0.2, 0) is 0 Å². The van der Waals surface area contributed by atoms with Crippen LogP contribution in [0.1, 0.15) is 0 Å². The van der Waals surface area contributed by atoms with Gasteiger partial charge in [-0.25, -0.2) is 4.98 Å². The quantitative estimate of drug-likeness (QED) is 0.197. The third kappa shape index (κ3) is 4.19. The second-order valence-corrected chi connectivity index (χ2v) is 12.6. The van der Waals surface area contributed by atoms with Gasteiger partial charge in [-0.15, -0.1) is 22.7 Å². The molecule has 0 aliphatic heterocycles. The molecule has 4 aromatic carbocycles. The Hall–Kier alpha value is -5.30. The van der Waals surface area contributed by atoms with Crippen LogP contribution in [0.4, 0.5) is 0 Å². The summed E-state index contributed by atoms with van der Waals surface area (Å²) in [7, 11) is 0. The number of benzene rings is 4. The molecule has 0 spiro atoms. The zero-order valence-electron chi connectivity index (χ0n) is 23.3. The van der Waals surface area contributed by atoms with Gasteiger partial charge in [-0.2, -0.15) is 0 Å². The maximum Gasteiger partial charge on any atom is 0.227 e. The van der Waals surface area contributed by atoms with Gasteiger partial charge in [0.15, 0.2) is 5.58 Å². The predicted octanol–water partition coefficient (Wildman–Crippen LogP) is 11.1. The monoisotopic (exact) mass is 601 g/mol. The molecular formula is C38H23N3OS2. The molecule has 0 bridgehead atoms. The molecule has 4 nitrogen and oxygen atoms in total. The van der Waals surface area contributed by atoms with E-state index >= 15 is 0 Å². The minimum atomic E-state index is 0.614. The van der Waals surface area contributed by atoms with Crippen LogP contribution in [0.3, 0.4) is 0 Å². The summed E-state index contributed by atoms with van der Waals surface area (Å²) >= 11 is 3.49. The van der Waals surface area contributed by atoms with E-state index in [4.69, 9.17) is 9.40 Å². The second-order valence-electron chi connectivity index (χ2n) is 10.7. The standard InChI is InChI=1S/C38H23N3OS2/c1-2-17-39-31(8-1)24-6-3-7-28(20-24)41-33-15-12-25(36-9-4-18-43-36)21-30(33)29-14-11-27(23-34(29)41)38-40-32-22-26(13-16-35(32)42-38)37-10-5-19-44-37/h1-23H. The van der Waals surface area contributed by atoms with Gasteiger partial charge >= 0.3 is 0 Å². The van der Waals surface area contributed by atoms with Crippen LogP contribution in [-0.4, -0.2) is 14.5 Å². The van der Waals surface area contributed by atoms with Crippen LogP contribution in [0.5, 0.6) is 0 Å². The van der Waals surface area contributed by atoms with Crippen molar-refractivity contribution in [3.05, 3.63) is 138 Å². The Balaban J connectivity index is 1.25. The minimum absolute atomic E-state index is 0.614. The number of rotatable bonds is 5. The van der Waals surface area contributed by atoms with Crippen molar-refractivity contribution in [2.24, 2.45) is 0 Å². The van der Waals surface area contributed by atoms with E-state index in [1.54, 1.807) is 22.7 Å². The molecule has 0 aliphatic carbocycles. The minimum Gasteiger partial charge on any atom is -0.436 e. The zero-order chi connectivity index (χ0) is 29.0. The van der Waals surface area contributed by atoms with Crippen LogP contribution in [0.2, 0.25) is 0 Å². The summed E-state index contributed by atoms with van der Waals surface area (Å²) in [6.45, 7) is 0. The maximum atomic E-state index is 6.32. The fourth-order valence-corrected chi connectivity index (χ4v) is 7.46. The molecule has 5 aromatic heterocycles. The summed E-state index contributed by atoms with van der Waals surface area (Å²) in [5, 5.41) is 6.61. The lowest BCUT2D eigenvalue weighted by Crippen LogP contribution is -1.95. The third-order valence-electron chi connectivity index (χ3n) is 8.08. The lowest BCUT2D eigenvalue weighted by atomic mass is 10.1. The van der Waals surface area contributed by atoms with E-state index in [-0.39, 0.29) is 0 Å². The van der Waals surface area contributed by atoms with Crippen LogP contribution >= 0.6 is 22.7 Å². The molecule has 0 fully saturated rings. The highest BCUT2D eigenvalue weighted by Gasteiger charge is 2.17. The van der Waals surface area contributed by atoms with E-state index < -0.39 is 0 Å². The molecule has 0 unspecified atom stereocenters. The first-order valence-corrected chi connectivity index (χ1v) is 16.1. The lowest BCUT2D eigenvalue weighted by Gasteiger charge is -2.10. The first kappa shape index (κ1) is 25.2. The van der Waals surface area contributed by atoms with E-state index in [2.05, 4.69) is 117 Å². The van der Waals surface area contributed by atoms with Gasteiger partial charge in [0.25, 0.3) is 0 Å². The lowest BCUT2D eigenvalue weighted by molar-refractivity contribution is 0.620. The van der Waals surface area contributed by atoms with Gasteiger partial charge in [-0.3, -0.25) is 4.98 Å². The number of nitrogens with zero attached hydrogens (tertiary/aromatic N) is 3. The molecule has 0 amide bonds. The first-order valence-electron chi connectivity index (χ1n) is 14.4. The van der Waals surface area contributed by atoms with E-state index in [9.17, 15) is 0 Å². The number of aromatic nitrogens is 3. The van der Waals surface area contributed by atoms with Crippen molar-refractivity contribution in [1.82, 2.24) is 14.5 Å². The number of hydrogen-bond acceptors (Lipinski definition) is 5. The van der Waals surface area contributed by atoms with E-state index in [1.807, 2.05) is 30.5 Å². The molecule has 0 saturated heterocycles. The Bertz CT molecular complexity index is 2440. The summed E-state index contributed by atoms with van der Waals surface area (Å²) < 4.78 is 8.66. The van der Waals surface area contributed by atoms with Gasteiger partial charge in [0.05, 0.1) is 16.7 Å². The number of fused-ring (bicyclic) bond motifs is 4. The molecule has 44 heavy (non-hydrogen) atoms. The molecule has 9 rings (SSSR count). The van der Waals surface area contributed by atoms with Crippen molar-refractivity contribution in [1.29, 1.82) is 0 Å². The maximum absolute atomic E-state index is 6.32. The summed E-state index contributed by atoms with van der Waals surface area (Å²) in [5.74, 6) is 0.614. The van der Waals surface area contributed by atoms with Crippen LogP contribution in [0.25, 0.3) is 82.2 Å². The van der Waals surface area contributed by atoms with Gasteiger partial charge in [0.1, 0.15) is 5.52 Å². The molecule has 0 aliphatic rings. The number of hydrogen-bond donors (Lipinski definition) is 0. The predicted molar refractivity (Wildman–Crippen MR) is 184 cm³/mol. The highest BCUT2D eigenvalue weighted by atomic mass is 32.1. The average Bonchev–Trinajstić information content (AvgIpc) is 3.90. The topological polar surface area (TPSA) is 43.9 Å². The van der Waals surface area contributed by atoms with Gasteiger partial charge in [0.2, 0.25) is 5.89 Å². The zero-order valence-corrected chi connectivity index (χ0v) is 25.0. The van der Waals surface area contributed by atoms with Gasteiger partial charge in [-0.1, -0.05) is 42.5 Å². The fourth-order valence-electron chi connectivity index (χ4n) is 6.01. The van der Waals surface area contributed by atoms with Crippen LogP contribution < -0.4 is 0 Å². The van der Waals surface area contributed by atoms with E-state index in [0.717, 1.165) is 50.2 Å². The van der Waals surface area contributed by atoms with Gasteiger partial charge < -0.3 is 8.98 Å². The molecule has 6 heteroatoms. The van der Waals surface area contributed by atoms with Gasteiger partial charge in [-0.05, 0) is 101 Å². The number of oxazole rings is 1. The van der Waals surface area contributed by atoms with Crippen molar-refractivity contribution in [2.75, 3.05) is 0 Å². The summed E-state index contributed by atoms with van der Waals surface area (Å²) in [6, 6.07) is 42.6. The Labute approximate surface area is 261 Å². The summed E-state index contributed by atoms with van der Waals surface area (Å²) in [6.07, 6.45) is 1.84. The Morgan fingerprint density at radius 1 is 0.568 bits per heavy atom. The Morgan fingerprint density at radius 2 is 1.39 bits per heavy atom. The molecular weight excluding hydrogens is 579 g/mol. The van der Waals surface area contributed by atoms with Gasteiger partial charge in [0, 0.05) is 43.5 Å². The highest BCUT2D eigenvalue weighted by molar-refractivity contribution is 7.13. The molecule has 9 aromatic rings. The highest BCUT2D eigenvalue weighted by Crippen LogP contribution is 2.39. The van der Waals surface area contributed by atoms with E-state index in [0.29, 0.717) is 5.89 Å². The van der Waals surface area contributed by atoms with Crippen molar-refractivity contribution in [3.63, 3.8) is 0 Å². The normalized spacial score (nSPS) is 11.6. The van der Waals surface area contributed by atoms with E-state index in [1.165, 1.54) is 26.1 Å². The molecule has 0 radical (unpaired) electrons. The molecule has 0 saturated carbocycles. The SMILES string of the molecule is c1ccc(-c2cccc(-n3c4ccc(-c5cccs5)cc4c4ccc(-c5nc6cc(-c7cccs7)ccc6o5)cc43)c2)nc1.